The van der Waals surface area contributed by atoms with Gasteiger partial charge in [-0.25, -0.2) is 4.39 Å². The molecule has 1 aromatic carbocycles. The molecule has 3 aromatic rings. The second kappa shape index (κ2) is 5.19. The second-order valence-corrected chi connectivity index (χ2v) is 5.28. The number of rotatable bonds is 2. The summed E-state index contributed by atoms with van der Waals surface area (Å²) >= 11 is 0. The summed E-state index contributed by atoms with van der Waals surface area (Å²) in [6, 6.07) is 14.7. The molecule has 4 rings (SSSR count). The number of pyridine rings is 2. The first kappa shape index (κ1) is 12.9. The summed E-state index contributed by atoms with van der Waals surface area (Å²) in [5.74, 6) is -0.228. The number of hydrogen-bond donors (Lipinski definition) is 0. The van der Waals surface area contributed by atoms with Crippen molar-refractivity contribution in [1.82, 2.24) is 9.97 Å². The third kappa shape index (κ3) is 2.11. The fourth-order valence-electron chi connectivity index (χ4n) is 2.96. The van der Waals surface area contributed by atoms with Crippen LogP contribution in [-0.4, -0.2) is 9.97 Å². The Balaban J connectivity index is 1.95. The number of allylic oxidation sites excluding steroid dienone is 1. The molecule has 0 unspecified atom stereocenters. The van der Waals surface area contributed by atoms with Crippen LogP contribution in [0.4, 0.5) is 4.39 Å². The van der Waals surface area contributed by atoms with Gasteiger partial charge in [0.25, 0.3) is 0 Å². The average Bonchev–Trinajstić information content (AvgIpc) is 2.96. The number of halogens is 1. The highest BCUT2D eigenvalue weighted by atomic mass is 19.1. The Labute approximate surface area is 128 Å². The van der Waals surface area contributed by atoms with Crippen molar-refractivity contribution in [1.29, 1.82) is 0 Å². The molecular formula is C19H13FN2. The van der Waals surface area contributed by atoms with Gasteiger partial charge in [0.15, 0.2) is 0 Å². The molecule has 106 valence electrons. The lowest BCUT2D eigenvalue weighted by Gasteiger charge is -2.08. The van der Waals surface area contributed by atoms with Gasteiger partial charge in [0.2, 0.25) is 0 Å². The quantitative estimate of drug-likeness (QED) is 0.708. The molecule has 0 fully saturated rings. The molecule has 1 aliphatic carbocycles. The van der Waals surface area contributed by atoms with E-state index in [-0.39, 0.29) is 5.82 Å². The van der Waals surface area contributed by atoms with E-state index in [0.29, 0.717) is 0 Å². The van der Waals surface area contributed by atoms with E-state index in [9.17, 15) is 4.39 Å². The standard InChI is InChI=1S/C19H13FN2/c20-16-5-3-14(4-6-16)18-17(13-7-10-21-11-8-13)12-15-2-1-9-22-19(15)18/h1-11H,12H2. The van der Waals surface area contributed by atoms with Gasteiger partial charge in [-0.15, -0.1) is 0 Å². The zero-order chi connectivity index (χ0) is 14.9. The van der Waals surface area contributed by atoms with Gasteiger partial charge in [-0.1, -0.05) is 18.2 Å². The first-order chi connectivity index (χ1) is 10.8. The molecule has 0 spiro atoms. The second-order valence-electron chi connectivity index (χ2n) is 5.28. The van der Waals surface area contributed by atoms with Gasteiger partial charge in [0, 0.05) is 30.6 Å². The summed E-state index contributed by atoms with van der Waals surface area (Å²) in [6.45, 7) is 0. The topological polar surface area (TPSA) is 25.8 Å². The Bertz CT molecular complexity index is 852. The van der Waals surface area contributed by atoms with Gasteiger partial charge in [-0.3, -0.25) is 9.97 Å². The predicted octanol–water partition coefficient (Wildman–Crippen LogP) is 4.13. The van der Waals surface area contributed by atoms with Crippen LogP contribution in [0.3, 0.4) is 0 Å². The summed E-state index contributed by atoms with van der Waals surface area (Å²) in [5.41, 5.74) is 6.61. The number of fused-ring (bicyclic) bond motifs is 1. The lowest BCUT2D eigenvalue weighted by Crippen LogP contribution is -1.92. The van der Waals surface area contributed by atoms with E-state index in [2.05, 4.69) is 16.0 Å². The maximum Gasteiger partial charge on any atom is 0.123 e. The minimum absolute atomic E-state index is 0.228. The number of nitrogens with zero attached hydrogens (tertiary/aromatic N) is 2. The molecule has 0 aliphatic heterocycles. The summed E-state index contributed by atoms with van der Waals surface area (Å²) in [6.07, 6.45) is 6.22. The molecule has 3 heteroatoms. The monoisotopic (exact) mass is 288 g/mol. The molecule has 0 N–H and O–H groups in total. The Hall–Kier alpha value is -2.81. The normalized spacial score (nSPS) is 13.3. The molecule has 0 saturated carbocycles. The van der Waals surface area contributed by atoms with E-state index in [1.165, 1.54) is 23.3 Å². The molecule has 22 heavy (non-hydrogen) atoms. The maximum absolute atomic E-state index is 13.2. The van der Waals surface area contributed by atoms with Crippen LogP contribution >= 0.6 is 0 Å². The van der Waals surface area contributed by atoms with Crippen molar-refractivity contribution in [2.75, 3.05) is 0 Å². The van der Waals surface area contributed by atoms with Gasteiger partial charge in [0.1, 0.15) is 5.82 Å². The molecule has 2 heterocycles. The van der Waals surface area contributed by atoms with Crippen molar-refractivity contribution in [3.05, 3.63) is 95.3 Å². The third-order valence-corrected chi connectivity index (χ3v) is 3.96. The highest BCUT2D eigenvalue weighted by molar-refractivity contribution is 6.02. The van der Waals surface area contributed by atoms with Crippen molar-refractivity contribution in [3.63, 3.8) is 0 Å². The first-order valence-corrected chi connectivity index (χ1v) is 7.17. The largest absolute Gasteiger partial charge is 0.265 e. The van der Waals surface area contributed by atoms with Crippen LogP contribution in [0.1, 0.15) is 22.4 Å². The predicted molar refractivity (Wildman–Crippen MR) is 84.5 cm³/mol. The highest BCUT2D eigenvalue weighted by Gasteiger charge is 2.24. The van der Waals surface area contributed by atoms with E-state index in [0.717, 1.165) is 28.8 Å². The van der Waals surface area contributed by atoms with Gasteiger partial charge < -0.3 is 0 Å². The van der Waals surface area contributed by atoms with Crippen LogP contribution in [-0.2, 0) is 6.42 Å². The first-order valence-electron chi connectivity index (χ1n) is 7.17. The zero-order valence-electron chi connectivity index (χ0n) is 11.8. The van der Waals surface area contributed by atoms with E-state index in [1.807, 2.05) is 30.3 Å². The Kier molecular flexibility index (Phi) is 3.04. The molecule has 2 nitrogen and oxygen atoms in total. The van der Waals surface area contributed by atoms with Gasteiger partial charge in [-0.05, 0) is 52.6 Å². The molecule has 0 bridgehead atoms. The van der Waals surface area contributed by atoms with E-state index in [4.69, 9.17) is 0 Å². The zero-order valence-corrected chi connectivity index (χ0v) is 11.8. The van der Waals surface area contributed by atoms with Gasteiger partial charge in [-0.2, -0.15) is 0 Å². The lowest BCUT2D eigenvalue weighted by molar-refractivity contribution is 0.627. The van der Waals surface area contributed by atoms with Crippen molar-refractivity contribution in [2.24, 2.45) is 0 Å². The van der Waals surface area contributed by atoms with Crippen molar-refractivity contribution >= 4 is 11.1 Å². The van der Waals surface area contributed by atoms with Crippen LogP contribution in [0.5, 0.6) is 0 Å². The van der Waals surface area contributed by atoms with E-state index in [1.54, 1.807) is 18.6 Å². The van der Waals surface area contributed by atoms with Crippen LogP contribution in [0.25, 0.3) is 11.1 Å². The number of benzene rings is 1. The van der Waals surface area contributed by atoms with E-state index >= 15 is 0 Å². The molecule has 0 atom stereocenters. The fraction of sp³-hybridized carbons (Fsp3) is 0.0526. The minimum atomic E-state index is -0.228. The summed E-state index contributed by atoms with van der Waals surface area (Å²) in [7, 11) is 0. The summed E-state index contributed by atoms with van der Waals surface area (Å²) in [5, 5.41) is 0. The fourth-order valence-corrected chi connectivity index (χ4v) is 2.96. The molecule has 0 radical (unpaired) electrons. The number of aromatic nitrogens is 2. The average molecular weight is 288 g/mol. The smallest absolute Gasteiger partial charge is 0.123 e. The van der Waals surface area contributed by atoms with Crippen LogP contribution in [0.2, 0.25) is 0 Å². The third-order valence-electron chi connectivity index (χ3n) is 3.96. The minimum Gasteiger partial charge on any atom is -0.265 e. The molecular weight excluding hydrogens is 275 g/mol. The van der Waals surface area contributed by atoms with Crippen molar-refractivity contribution < 1.29 is 4.39 Å². The van der Waals surface area contributed by atoms with Gasteiger partial charge in [0.05, 0.1) is 5.69 Å². The SMILES string of the molecule is Fc1ccc(C2=C(c3ccncc3)Cc3cccnc32)cc1. The van der Waals surface area contributed by atoms with Gasteiger partial charge >= 0.3 is 0 Å². The molecule has 2 aromatic heterocycles. The Morgan fingerprint density at radius 3 is 2.36 bits per heavy atom. The lowest BCUT2D eigenvalue weighted by atomic mass is 9.97. The summed E-state index contributed by atoms with van der Waals surface area (Å²) in [4.78, 5) is 8.64. The van der Waals surface area contributed by atoms with Crippen LogP contribution in [0.15, 0.2) is 67.1 Å². The molecule has 1 aliphatic rings. The Morgan fingerprint density at radius 1 is 0.818 bits per heavy atom. The van der Waals surface area contributed by atoms with Crippen LogP contribution < -0.4 is 0 Å². The Morgan fingerprint density at radius 2 is 1.59 bits per heavy atom. The van der Waals surface area contributed by atoms with E-state index < -0.39 is 0 Å². The van der Waals surface area contributed by atoms with Crippen LogP contribution in [0, 0.1) is 5.82 Å². The number of hydrogen-bond acceptors (Lipinski definition) is 2. The highest BCUT2D eigenvalue weighted by Crippen LogP contribution is 2.40. The van der Waals surface area contributed by atoms with Crippen molar-refractivity contribution in [3.8, 4) is 0 Å². The summed E-state index contributed by atoms with van der Waals surface area (Å²) < 4.78 is 13.2. The maximum atomic E-state index is 13.2. The van der Waals surface area contributed by atoms with Crippen molar-refractivity contribution in [2.45, 2.75) is 6.42 Å². The molecule has 0 amide bonds. The molecule has 0 saturated heterocycles.